The van der Waals surface area contributed by atoms with Crippen molar-refractivity contribution in [3.8, 4) is 0 Å². The lowest BCUT2D eigenvalue weighted by Crippen LogP contribution is -2.13. The molecule has 0 spiro atoms. The van der Waals surface area contributed by atoms with Crippen LogP contribution in [0.4, 0.5) is 5.69 Å². The van der Waals surface area contributed by atoms with Gasteiger partial charge in [-0.25, -0.2) is 0 Å². The van der Waals surface area contributed by atoms with Crippen molar-refractivity contribution in [3.63, 3.8) is 0 Å². The van der Waals surface area contributed by atoms with Gasteiger partial charge in [0.2, 0.25) is 0 Å². The SMILES string of the molecule is Cc1ccc([N+](=O)[O-])cc1C(N)c1ccccc1. The van der Waals surface area contributed by atoms with E-state index in [2.05, 4.69) is 0 Å². The van der Waals surface area contributed by atoms with Crippen LogP contribution in [-0.2, 0) is 0 Å². The highest BCUT2D eigenvalue weighted by atomic mass is 16.6. The van der Waals surface area contributed by atoms with Gasteiger partial charge in [-0.15, -0.1) is 0 Å². The summed E-state index contributed by atoms with van der Waals surface area (Å²) in [6, 6.07) is 14.0. The topological polar surface area (TPSA) is 69.2 Å². The highest BCUT2D eigenvalue weighted by molar-refractivity contribution is 5.44. The minimum absolute atomic E-state index is 0.0713. The van der Waals surface area contributed by atoms with Crippen LogP contribution in [0.25, 0.3) is 0 Å². The number of hydrogen-bond acceptors (Lipinski definition) is 3. The average molecular weight is 242 g/mol. The summed E-state index contributed by atoms with van der Waals surface area (Å²) in [4.78, 5) is 10.4. The number of benzene rings is 2. The van der Waals surface area contributed by atoms with Crippen LogP contribution < -0.4 is 5.73 Å². The van der Waals surface area contributed by atoms with Crippen LogP contribution in [0.5, 0.6) is 0 Å². The van der Waals surface area contributed by atoms with Gasteiger partial charge in [-0.3, -0.25) is 10.1 Å². The van der Waals surface area contributed by atoms with E-state index in [1.165, 1.54) is 6.07 Å². The monoisotopic (exact) mass is 242 g/mol. The summed E-state index contributed by atoms with van der Waals surface area (Å²) < 4.78 is 0. The van der Waals surface area contributed by atoms with Gasteiger partial charge in [0.25, 0.3) is 5.69 Å². The molecule has 1 unspecified atom stereocenters. The van der Waals surface area contributed by atoms with Gasteiger partial charge in [-0.2, -0.15) is 0 Å². The zero-order chi connectivity index (χ0) is 13.1. The summed E-state index contributed by atoms with van der Waals surface area (Å²) in [5, 5.41) is 10.8. The maximum atomic E-state index is 10.8. The molecule has 0 saturated heterocycles. The van der Waals surface area contributed by atoms with Gasteiger partial charge in [0.1, 0.15) is 0 Å². The number of rotatable bonds is 3. The lowest BCUT2D eigenvalue weighted by molar-refractivity contribution is -0.384. The molecule has 0 aliphatic carbocycles. The summed E-state index contributed by atoms with van der Waals surface area (Å²) in [7, 11) is 0. The third kappa shape index (κ3) is 2.38. The molecule has 2 N–H and O–H groups in total. The van der Waals surface area contributed by atoms with Crippen LogP contribution in [0.2, 0.25) is 0 Å². The molecule has 0 saturated carbocycles. The Morgan fingerprint density at radius 3 is 2.44 bits per heavy atom. The molecule has 18 heavy (non-hydrogen) atoms. The van der Waals surface area contributed by atoms with E-state index in [9.17, 15) is 10.1 Å². The summed E-state index contributed by atoms with van der Waals surface area (Å²) in [6.45, 7) is 1.90. The highest BCUT2D eigenvalue weighted by Gasteiger charge is 2.15. The number of nitro groups is 1. The Morgan fingerprint density at radius 2 is 1.83 bits per heavy atom. The van der Waals surface area contributed by atoms with E-state index in [-0.39, 0.29) is 11.7 Å². The van der Waals surface area contributed by atoms with E-state index in [0.717, 1.165) is 16.7 Å². The summed E-state index contributed by atoms with van der Waals surface area (Å²) in [5.41, 5.74) is 8.92. The molecule has 0 aliphatic heterocycles. The van der Waals surface area contributed by atoms with E-state index >= 15 is 0 Å². The van der Waals surface area contributed by atoms with Gasteiger partial charge < -0.3 is 5.73 Å². The fourth-order valence-corrected chi connectivity index (χ4v) is 1.92. The Kier molecular flexibility index (Phi) is 3.39. The fraction of sp³-hybridized carbons (Fsp3) is 0.143. The lowest BCUT2D eigenvalue weighted by atomic mass is 9.95. The van der Waals surface area contributed by atoms with E-state index in [4.69, 9.17) is 5.73 Å². The predicted octanol–water partition coefficient (Wildman–Crippen LogP) is 2.95. The molecule has 1 atom stereocenters. The van der Waals surface area contributed by atoms with Gasteiger partial charge in [0, 0.05) is 12.1 Å². The third-order valence-corrected chi connectivity index (χ3v) is 2.97. The van der Waals surface area contributed by atoms with Crippen molar-refractivity contribution < 1.29 is 4.92 Å². The first kappa shape index (κ1) is 12.3. The van der Waals surface area contributed by atoms with E-state index < -0.39 is 4.92 Å². The van der Waals surface area contributed by atoms with E-state index in [0.29, 0.717) is 0 Å². The quantitative estimate of drug-likeness (QED) is 0.664. The second-order valence-corrected chi connectivity index (χ2v) is 4.19. The smallest absolute Gasteiger partial charge is 0.269 e. The van der Waals surface area contributed by atoms with Crippen LogP contribution in [0.1, 0.15) is 22.7 Å². The molecule has 2 rings (SSSR count). The molecule has 2 aromatic carbocycles. The largest absolute Gasteiger partial charge is 0.320 e. The highest BCUT2D eigenvalue weighted by Crippen LogP contribution is 2.26. The van der Waals surface area contributed by atoms with Crippen LogP contribution in [0.3, 0.4) is 0 Å². The Hall–Kier alpha value is -2.20. The molecule has 0 bridgehead atoms. The minimum atomic E-state index is -0.402. The van der Waals surface area contributed by atoms with Gasteiger partial charge in [-0.1, -0.05) is 36.4 Å². The molecule has 0 heterocycles. The van der Waals surface area contributed by atoms with Crippen LogP contribution in [0, 0.1) is 17.0 Å². The first-order valence-electron chi connectivity index (χ1n) is 5.65. The van der Waals surface area contributed by atoms with Crippen molar-refractivity contribution in [2.75, 3.05) is 0 Å². The molecular formula is C14H14N2O2. The van der Waals surface area contributed by atoms with Crippen molar-refractivity contribution in [3.05, 3.63) is 75.3 Å². The predicted molar refractivity (Wildman–Crippen MR) is 70.3 cm³/mol. The Balaban J connectivity index is 2.44. The van der Waals surface area contributed by atoms with E-state index in [1.54, 1.807) is 12.1 Å². The molecule has 4 nitrogen and oxygen atoms in total. The van der Waals surface area contributed by atoms with Crippen LogP contribution >= 0.6 is 0 Å². The van der Waals surface area contributed by atoms with Gasteiger partial charge in [0.15, 0.2) is 0 Å². The number of non-ortho nitro benzene ring substituents is 1. The number of aryl methyl sites for hydroxylation is 1. The standard InChI is InChI=1S/C14H14N2O2/c1-10-7-8-12(16(17)18)9-13(10)14(15)11-5-3-2-4-6-11/h2-9,14H,15H2,1H3. The molecule has 0 amide bonds. The molecule has 0 aromatic heterocycles. The lowest BCUT2D eigenvalue weighted by Gasteiger charge is -2.14. The number of nitrogens with zero attached hydrogens (tertiary/aromatic N) is 1. The Morgan fingerprint density at radius 1 is 1.17 bits per heavy atom. The first-order chi connectivity index (χ1) is 8.59. The van der Waals surface area contributed by atoms with Crippen molar-refractivity contribution in [1.82, 2.24) is 0 Å². The Bertz CT molecular complexity index is 567. The second kappa shape index (κ2) is 4.98. The third-order valence-electron chi connectivity index (χ3n) is 2.97. The second-order valence-electron chi connectivity index (χ2n) is 4.19. The van der Waals surface area contributed by atoms with Gasteiger partial charge in [-0.05, 0) is 23.6 Å². The summed E-state index contributed by atoms with van der Waals surface area (Å²) in [5.74, 6) is 0. The molecule has 2 aromatic rings. The zero-order valence-electron chi connectivity index (χ0n) is 10.0. The summed E-state index contributed by atoms with van der Waals surface area (Å²) in [6.07, 6.45) is 0. The maximum absolute atomic E-state index is 10.8. The normalized spacial score (nSPS) is 12.1. The van der Waals surface area contributed by atoms with Gasteiger partial charge in [0.05, 0.1) is 11.0 Å². The van der Waals surface area contributed by atoms with Crippen molar-refractivity contribution >= 4 is 5.69 Å². The molecular weight excluding hydrogens is 228 g/mol. The molecule has 4 heteroatoms. The van der Waals surface area contributed by atoms with Gasteiger partial charge >= 0.3 is 0 Å². The summed E-state index contributed by atoms with van der Waals surface area (Å²) >= 11 is 0. The van der Waals surface area contributed by atoms with Crippen molar-refractivity contribution in [1.29, 1.82) is 0 Å². The van der Waals surface area contributed by atoms with E-state index in [1.807, 2.05) is 37.3 Å². The van der Waals surface area contributed by atoms with Crippen molar-refractivity contribution in [2.45, 2.75) is 13.0 Å². The number of nitro benzene ring substituents is 1. The average Bonchev–Trinajstić information content (AvgIpc) is 2.39. The zero-order valence-corrected chi connectivity index (χ0v) is 10.0. The molecule has 0 radical (unpaired) electrons. The number of hydrogen-bond donors (Lipinski definition) is 1. The molecule has 0 fully saturated rings. The first-order valence-corrected chi connectivity index (χ1v) is 5.65. The van der Waals surface area contributed by atoms with Crippen LogP contribution in [0.15, 0.2) is 48.5 Å². The maximum Gasteiger partial charge on any atom is 0.269 e. The number of nitrogens with two attached hydrogens (primary N) is 1. The minimum Gasteiger partial charge on any atom is -0.320 e. The fourth-order valence-electron chi connectivity index (χ4n) is 1.92. The van der Waals surface area contributed by atoms with Crippen molar-refractivity contribution in [2.24, 2.45) is 5.73 Å². The Labute approximate surface area is 105 Å². The molecule has 0 aliphatic rings. The van der Waals surface area contributed by atoms with Crippen LogP contribution in [-0.4, -0.2) is 4.92 Å². The molecule has 92 valence electrons.